The molecule has 3 atom stereocenters. The Morgan fingerprint density at radius 1 is 1.10 bits per heavy atom. The molecule has 1 spiro atoms. The third kappa shape index (κ3) is 2.53. The molecule has 0 radical (unpaired) electrons. The number of para-hydroxylation sites is 1. The minimum absolute atomic E-state index is 0.00294. The maximum Gasteiger partial charge on any atom is 0.227 e. The molecular formula is C24H22FN3O2. The van der Waals surface area contributed by atoms with Gasteiger partial charge < -0.3 is 9.64 Å². The molecule has 1 amide bonds. The number of benzene rings is 2. The van der Waals surface area contributed by atoms with Crippen LogP contribution in [-0.2, 0) is 16.1 Å². The first-order valence-corrected chi connectivity index (χ1v) is 10.4. The fraction of sp³-hybridized carbons (Fsp3) is 0.333. The number of amides is 1. The maximum absolute atomic E-state index is 14.2. The SMILES string of the molecule is O=C1C[C@H]2N(Cc3ccc4cccc(F)c4n3)CC[C@]23OC[C@@H](c2ccccc2)N13. The zero-order chi connectivity index (χ0) is 20.3. The number of carbonyl (C=O) groups excluding carboxylic acids is 1. The lowest BCUT2D eigenvalue weighted by Crippen LogP contribution is -2.48. The maximum atomic E-state index is 14.2. The van der Waals surface area contributed by atoms with Gasteiger partial charge in [0.25, 0.3) is 0 Å². The van der Waals surface area contributed by atoms with Gasteiger partial charge in [-0.2, -0.15) is 0 Å². The number of likely N-dealkylation sites (tertiary alicyclic amines) is 1. The van der Waals surface area contributed by atoms with E-state index in [-0.39, 0.29) is 23.8 Å². The summed E-state index contributed by atoms with van der Waals surface area (Å²) in [5.41, 5.74) is 1.77. The van der Waals surface area contributed by atoms with Crippen LogP contribution in [0.3, 0.4) is 0 Å². The summed E-state index contributed by atoms with van der Waals surface area (Å²) in [4.78, 5) is 21.8. The Morgan fingerprint density at radius 3 is 2.83 bits per heavy atom. The van der Waals surface area contributed by atoms with Crippen LogP contribution in [0.25, 0.3) is 10.9 Å². The second kappa shape index (κ2) is 6.59. The highest BCUT2D eigenvalue weighted by Crippen LogP contribution is 2.51. The molecule has 3 aromatic rings. The minimum Gasteiger partial charge on any atom is -0.351 e. The molecule has 3 aliphatic rings. The van der Waals surface area contributed by atoms with Crippen molar-refractivity contribution in [1.82, 2.24) is 14.8 Å². The molecule has 0 saturated carbocycles. The largest absolute Gasteiger partial charge is 0.351 e. The Hall–Kier alpha value is -2.83. The molecule has 3 aliphatic heterocycles. The Labute approximate surface area is 174 Å². The first-order chi connectivity index (χ1) is 14.7. The highest BCUT2D eigenvalue weighted by molar-refractivity contribution is 5.82. The van der Waals surface area contributed by atoms with E-state index in [4.69, 9.17) is 4.74 Å². The van der Waals surface area contributed by atoms with Crippen molar-refractivity contribution in [3.63, 3.8) is 0 Å². The molecule has 0 aliphatic carbocycles. The molecule has 3 saturated heterocycles. The molecule has 5 nitrogen and oxygen atoms in total. The van der Waals surface area contributed by atoms with Crippen LogP contribution < -0.4 is 0 Å². The van der Waals surface area contributed by atoms with Gasteiger partial charge in [-0.15, -0.1) is 0 Å². The van der Waals surface area contributed by atoms with Gasteiger partial charge in [-0.1, -0.05) is 48.5 Å². The predicted molar refractivity (Wildman–Crippen MR) is 110 cm³/mol. The lowest BCUT2D eigenvalue weighted by atomic mass is 10.0. The van der Waals surface area contributed by atoms with E-state index in [2.05, 4.69) is 22.0 Å². The number of hydrogen-bond donors (Lipinski definition) is 0. The summed E-state index contributed by atoms with van der Waals surface area (Å²) in [6, 6.07) is 18.9. The summed E-state index contributed by atoms with van der Waals surface area (Å²) >= 11 is 0. The number of carbonyl (C=O) groups is 1. The summed E-state index contributed by atoms with van der Waals surface area (Å²) in [7, 11) is 0. The Kier molecular flexibility index (Phi) is 3.95. The number of ether oxygens (including phenoxy) is 1. The number of pyridine rings is 1. The number of halogens is 1. The predicted octanol–water partition coefficient (Wildman–Crippen LogP) is 3.65. The van der Waals surface area contributed by atoms with Crippen LogP contribution in [0.2, 0.25) is 0 Å². The number of fused-ring (bicyclic) bond motifs is 1. The molecule has 152 valence electrons. The number of hydrogen-bond acceptors (Lipinski definition) is 4. The summed E-state index contributed by atoms with van der Waals surface area (Å²) in [6.07, 6.45) is 1.24. The van der Waals surface area contributed by atoms with E-state index in [1.54, 1.807) is 6.07 Å². The van der Waals surface area contributed by atoms with Crippen molar-refractivity contribution in [2.45, 2.75) is 37.2 Å². The van der Waals surface area contributed by atoms with Gasteiger partial charge in [-0.25, -0.2) is 9.37 Å². The summed E-state index contributed by atoms with van der Waals surface area (Å²) in [5.74, 6) is -0.159. The van der Waals surface area contributed by atoms with E-state index in [0.717, 1.165) is 29.6 Å². The molecular weight excluding hydrogens is 381 g/mol. The van der Waals surface area contributed by atoms with E-state index in [1.165, 1.54) is 6.07 Å². The van der Waals surface area contributed by atoms with Crippen molar-refractivity contribution in [2.24, 2.45) is 0 Å². The van der Waals surface area contributed by atoms with Crippen molar-refractivity contribution < 1.29 is 13.9 Å². The van der Waals surface area contributed by atoms with Crippen molar-refractivity contribution in [3.8, 4) is 0 Å². The molecule has 1 aromatic heterocycles. The van der Waals surface area contributed by atoms with E-state index in [0.29, 0.717) is 25.1 Å². The first-order valence-electron chi connectivity index (χ1n) is 10.4. The lowest BCUT2D eigenvalue weighted by Gasteiger charge is -2.33. The lowest BCUT2D eigenvalue weighted by molar-refractivity contribution is -0.138. The van der Waals surface area contributed by atoms with Crippen LogP contribution >= 0.6 is 0 Å². The smallest absolute Gasteiger partial charge is 0.227 e. The number of nitrogens with zero attached hydrogens (tertiary/aromatic N) is 3. The second-order valence-corrected chi connectivity index (χ2v) is 8.40. The number of aromatic nitrogens is 1. The zero-order valence-corrected chi connectivity index (χ0v) is 16.5. The molecule has 2 aromatic carbocycles. The van der Waals surface area contributed by atoms with E-state index >= 15 is 0 Å². The zero-order valence-electron chi connectivity index (χ0n) is 16.5. The minimum atomic E-state index is -0.556. The topological polar surface area (TPSA) is 45.7 Å². The van der Waals surface area contributed by atoms with Crippen LogP contribution in [0, 0.1) is 5.82 Å². The van der Waals surface area contributed by atoms with Gasteiger partial charge >= 0.3 is 0 Å². The summed E-state index contributed by atoms with van der Waals surface area (Å²) in [5, 5.41) is 0.795. The van der Waals surface area contributed by atoms with Gasteiger partial charge in [0, 0.05) is 31.3 Å². The average Bonchev–Trinajstić information content (AvgIpc) is 3.39. The Morgan fingerprint density at radius 2 is 1.97 bits per heavy atom. The summed E-state index contributed by atoms with van der Waals surface area (Å²) in [6.45, 7) is 1.93. The normalized spacial score (nSPS) is 28.3. The van der Waals surface area contributed by atoms with Crippen LogP contribution in [0.1, 0.15) is 30.1 Å². The van der Waals surface area contributed by atoms with Crippen LogP contribution in [0.4, 0.5) is 4.39 Å². The van der Waals surface area contributed by atoms with Crippen LogP contribution in [0.15, 0.2) is 60.7 Å². The van der Waals surface area contributed by atoms with Gasteiger partial charge in [-0.3, -0.25) is 9.69 Å². The van der Waals surface area contributed by atoms with Crippen molar-refractivity contribution in [1.29, 1.82) is 0 Å². The molecule has 6 heteroatoms. The second-order valence-electron chi connectivity index (χ2n) is 8.40. The third-order valence-electron chi connectivity index (χ3n) is 6.84. The molecule has 30 heavy (non-hydrogen) atoms. The molecule has 0 bridgehead atoms. The van der Waals surface area contributed by atoms with Crippen molar-refractivity contribution in [3.05, 3.63) is 77.7 Å². The highest BCUT2D eigenvalue weighted by Gasteiger charge is 2.64. The van der Waals surface area contributed by atoms with Gasteiger partial charge in [0.15, 0.2) is 5.72 Å². The quantitative estimate of drug-likeness (QED) is 0.670. The number of rotatable bonds is 3. The Bertz CT molecular complexity index is 1140. The Balaban J connectivity index is 1.29. The van der Waals surface area contributed by atoms with E-state index < -0.39 is 5.72 Å². The fourth-order valence-electron chi connectivity index (χ4n) is 5.49. The van der Waals surface area contributed by atoms with E-state index in [1.807, 2.05) is 41.3 Å². The fourth-order valence-corrected chi connectivity index (χ4v) is 5.49. The standard InChI is InChI=1S/C24H22FN3O2/c25-19-8-4-7-17-9-10-18(26-23(17)19)14-27-12-11-24-21(27)13-22(29)28(24)20(15-30-24)16-5-2-1-3-6-16/h1-10,20-21H,11-15H2/t20-,21+,24-/m0/s1. The third-order valence-corrected chi connectivity index (χ3v) is 6.84. The summed E-state index contributed by atoms with van der Waals surface area (Å²) < 4.78 is 20.5. The molecule has 4 heterocycles. The monoisotopic (exact) mass is 403 g/mol. The molecule has 0 N–H and O–H groups in total. The molecule has 3 fully saturated rings. The average molecular weight is 403 g/mol. The molecule has 0 unspecified atom stereocenters. The van der Waals surface area contributed by atoms with Gasteiger partial charge in [0.2, 0.25) is 5.91 Å². The van der Waals surface area contributed by atoms with Gasteiger partial charge in [0.1, 0.15) is 11.3 Å². The molecule has 6 rings (SSSR count). The highest BCUT2D eigenvalue weighted by atomic mass is 19.1. The van der Waals surface area contributed by atoms with Gasteiger partial charge in [-0.05, 0) is 17.7 Å². The van der Waals surface area contributed by atoms with Gasteiger partial charge in [0.05, 0.1) is 24.4 Å². The first kappa shape index (κ1) is 18.0. The van der Waals surface area contributed by atoms with Crippen LogP contribution in [0.5, 0.6) is 0 Å². The van der Waals surface area contributed by atoms with Crippen LogP contribution in [-0.4, -0.2) is 45.6 Å². The van der Waals surface area contributed by atoms with Crippen molar-refractivity contribution in [2.75, 3.05) is 13.2 Å². The van der Waals surface area contributed by atoms with E-state index in [9.17, 15) is 9.18 Å². The van der Waals surface area contributed by atoms with Crippen molar-refractivity contribution >= 4 is 16.8 Å².